The second-order valence-corrected chi connectivity index (χ2v) is 8.11. The van der Waals surface area contributed by atoms with Gasteiger partial charge in [0.15, 0.2) is 0 Å². The average molecular weight is 376 g/mol. The van der Waals surface area contributed by atoms with E-state index in [9.17, 15) is 4.79 Å². The molecule has 0 saturated heterocycles. The van der Waals surface area contributed by atoms with Crippen molar-refractivity contribution in [1.82, 2.24) is 9.55 Å². The van der Waals surface area contributed by atoms with E-state index in [-0.39, 0.29) is 17.9 Å². The van der Waals surface area contributed by atoms with Gasteiger partial charge in [-0.25, -0.2) is 9.37 Å². The molecule has 2 N–H and O–H groups in total. The van der Waals surface area contributed by atoms with E-state index in [1.54, 1.807) is 0 Å². The number of primary amides is 1. The van der Waals surface area contributed by atoms with Crippen molar-refractivity contribution in [1.29, 1.82) is 0 Å². The number of imidazole rings is 1. The highest BCUT2D eigenvalue weighted by Gasteiger charge is 2.38. The van der Waals surface area contributed by atoms with Gasteiger partial charge in [-0.1, -0.05) is 23.7 Å². The third-order valence-electron chi connectivity index (χ3n) is 6.02. The van der Waals surface area contributed by atoms with Gasteiger partial charge in [0.05, 0.1) is 24.3 Å². The van der Waals surface area contributed by atoms with E-state index >= 15 is 4.39 Å². The molecule has 1 aliphatic heterocycles. The van der Waals surface area contributed by atoms with Crippen molar-refractivity contribution in [2.45, 2.75) is 56.7 Å². The van der Waals surface area contributed by atoms with Gasteiger partial charge in [-0.3, -0.25) is 4.79 Å². The number of rotatable bonds is 5. The maximum absolute atomic E-state index is 15.3. The molecule has 2 heterocycles. The molecule has 0 bridgehead atoms. The number of benzene rings is 1. The summed E-state index contributed by atoms with van der Waals surface area (Å²) >= 11 is 6.46. The molecule has 0 spiro atoms. The van der Waals surface area contributed by atoms with Gasteiger partial charge in [0.2, 0.25) is 5.91 Å². The van der Waals surface area contributed by atoms with Gasteiger partial charge in [-0.05, 0) is 50.5 Å². The Bertz CT molecular complexity index is 826. The van der Waals surface area contributed by atoms with Crippen LogP contribution < -0.4 is 5.73 Å². The van der Waals surface area contributed by atoms with E-state index in [0.29, 0.717) is 32.1 Å². The summed E-state index contributed by atoms with van der Waals surface area (Å²) in [6.07, 6.45) is 7.68. The molecule has 26 heavy (non-hydrogen) atoms. The predicted molar refractivity (Wildman–Crippen MR) is 99.7 cm³/mol. The highest BCUT2D eigenvalue weighted by Crippen LogP contribution is 2.47. The Kier molecular flexibility index (Phi) is 4.51. The van der Waals surface area contributed by atoms with Crippen LogP contribution in [0.2, 0.25) is 5.02 Å². The molecular weight excluding hydrogens is 353 g/mol. The Labute approximate surface area is 157 Å². The summed E-state index contributed by atoms with van der Waals surface area (Å²) in [4.78, 5) is 15.3. The normalized spacial score (nSPS) is 27.2. The topological polar surface area (TPSA) is 60.9 Å². The monoisotopic (exact) mass is 375 g/mol. The molecule has 1 aliphatic carbocycles. The van der Waals surface area contributed by atoms with Crippen LogP contribution in [0, 0.1) is 5.92 Å². The fourth-order valence-corrected chi connectivity index (χ4v) is 4.91. The highest BCUT2D eigenvalue weighted by molar-refractivity contribution is 6.32. The second-order valence-electron chi connectivity index (χ2n) is 7.71. The van der Waals surface area contributed by atoms with Gasteiger partial charge in [0.1, 0.15) is 5.67 Å². The number of halogens is 2. The van der Waals surface area contributed by atoms with Crippen LogP contribution in [0.4, 0.5) is 4.39 Å². The zero-order valence-electron chi connectivity index (χ0n) is 14.6. The average Bonchev–Trinajstić information content (AvgIpc) is 3.17. The van der Waals surface area contributed by atoms with E-state index in [1.165, 1.54) is 0 Å². The number of carbonyl (C=O) groups is 1. The lowest BCUT2D eigenvalue weighted by Gasteiger charge is -2.34. The van der Waals surface area contributed by atoms with E-state index in [1.807, 2.05) is 24.7 Å². The third kappa shape index (κ3) is 3.13. The first kappa shape index (κ1) is 17.5. The SMILES string of the molecule is NC(=O)CC1CCC(F)(CCC2c3c(Cl)cccc3-c3cncn32)CC1. The minimum atomic E-state index is -1.17. The van der Waals surface area contributed by atoms with Crippen LogP contribution in [0.15, 0.2) is 30.7 Å². The maximum atomic E-state index is 15.3. The lowest BCUT2D eigenvalue weighted by atomic mass is 9.76. The van der Waals surface area contributed by atoms with Crippen molar-refractivity contribution < 1.29 is 9.18 Å². The van der Waals surface area contributed by atoms with Gasteiger partial charge in [-0.2, -0.15) is 0 Å². The number of nitrogens with two attached hydrogens (primary N) is 1. The summed E-state index contributed by atoms with van der Waals surface area (Å²) in [5, 5.41) is 0.731. The van der Waals surface area contributed by atoms with E-state index < -0.39 is 5.67 Å². The first-order valence-electron chi connectivity index (χ1n) is 9.25. The highest BCUT2D eigenvalue weighted by atomic mass is 35.5. The van der Waals surface area contributed by atoms with Crippen molar-refractivity contribution >= 4 is 17.5 Å². The molecule has 1 aromatic heterocycles. The standard InChI is InChI=1S/C20H23ClFN3O/c21-15-3-1-2-14-17-11-24-12-25(17)16(19(14)15)6-9-20(22)7-4-13(5-8-20)10-18(23)26/h1-3,11-13,16H,4-10H2,(H2,23,26). The van der Waals surface area contributed by atoms with Crippen LogP contribution >= 0.6 is 11.6 Å². The summed E-state index contributed by atoms with van der Waals surface area (Å²) in [6, 6.07) is 5.92. The Morgan fingerprint density at radius 2 is 2.15 bits per heavy atom. The van der Waals surface area contributed by atoms with Crippen molar-refractivity contribution in [3.8, 4) is 11.3 Å². The van der Waals surface area contributed by atoms with Gasteiger partial charge in [-0.15, -0.1) is 0 Å². The number of carbonyl (C=O) groups excluding carboxylic acids is 1. The van der Waals surface area contributed by atoms with Crippen LogP contribution in [-0.4, -0.2) is 21.1 Å². The third-order valence-corrected chi connectivity index (χ3v) is 6.35. The number of aromatic nitrogens is 2. The van der Waals surface area contributed by atoms with Gasteiger partial charge in [0.25, 0.3) is 0 Å². The van der Waals surface area contributed by atoms with Crippen molar-refractivity contribution in [2.75, 3.05) is 0 Å². The van der Waals surface area contributed by atoms with Crippen molar-refractivity contribution in [3.05, 3.63) is 41.3 Å². The largest absolute Gasteiger partial charge is 0.370 e. The molecule has 2 aromatic rings. The number of amides is 1. The van der Waals surface area contributed by atoms with E-state index in [0.717, 1.165) is 34.7 Å². The van der Waals surface area contributed by atoms with Crippen LogP contribution in [0.5, 0.6) is 0 Å². The summed E-state index contributed by atoms with van der Waals surface area (Å²) in [7, 11) is 0. The molecule has 1 saturated carbocycles. The Hall–Kier alpha value is -1.88. The Morgan fingerprint density at radius 3 is 2.88 bits per heavy atom. The molecule has 1 unspecified atom stereocenters. The lowest BCUT2D eigenvalue weighted by molar-refractivity contribution is -0.119. The number of alkyl halides is 1. The zero-order valence-corrected chi connectivity index (χ0v) is 15.4. The summed E-state index contributed by atoms with van der Waals surface area (Å²) in [5.74, 6) is -0.0514. The predicted octanol–water partition coefficient (Wildman–Crippen LogP) is 4.66. The Morgan fingerprint density at radius 1 is 1.38 bits per heavy atom. The first-order valence-corrected chi connectivity index (χ1v) is 9.62. The first-order chi connectivity index (χ1) is 12.5. The molecule has 4 nitrogen and oxygen atoms in total. The molecule has 4 rings (SSSR count). The molecule has 1 amide bonds. The van der Waals surface area contributed by atoms with Crippen LogP contribution in [0.25, 0.3) is 11.3 Å². The summed E-state index contributed by atoms with van der Waals surface area (Å²) in [6.45, 7) is 0. The molecule has 0 radical (unpaired) electrons. The number of nitrogens with zero attached hydrogens (tertiary/aromatic N) is 2. The van der Waals surface area contributed by atoms with Crippen LogP contribution in [-0.2, 0) is 4.79 Å². The van der Waals surface area contributed by atoms with Crippen molar-refractivity contribution in [3.63, 3.8) is 0 Å². The maximum Gasteiger partial charge on any atom is 0.217 e. The molecule has 2 aliphatic rings. The summed E-state index contributed by atoms with van der Waals surface area (Å²) < 4.78 is 17.5. The number of hydrogen-bond acceptors (Lipinski definition) is 2. The smallest absolute Gasteiger partial charge is 0.217 e. The molecular formula is C20H23ClFN3O. The molecule has 1 aromatic carbocycles. The van der Waals surface area contributed by atoms with E-state index in [2.05, 4.69) is 15.6 Å². The zero-order chi connectivity index (χ0) is 18.3. The molecule has 1 atom stereocenters. The van der Waals surface area contributed by atoms with Gasteiger partial charge >= 0.3 is 0 Å². The quantitative estimate of drug-likeness (QED) is 0.826. The lowest BCUT2D eigenvalue weighted by Crippen LogP contribution is -2.31. The Balaban J connectivity index is 1.47. The second kappa shape index (κ2) is 6.69. The summed E-state index contributed by atoms with van der Waals surface area (Å²) in [5.41, 5.74) is 7.33. The number of fused-ring (bicyclic) bond motifs is 3. The van der Waals surface area contributed by atoms with Gasteiger partial charge in [0, 0.05) is 22.6 Å². The van der Waals surface area contributed by atoms with Crippen LogP contribution in [0.3, 0.4) is 0 Å². The fourth-order valence-electron chi connectivity index (χ4n) is 4.61. The minimum Gasteiger partial charge on any atom is -0.370 e. The fraction of sp³-hybridized carbons (Fsp3) is 0.500. The van der Waals surface area contributed by atoms with Crippen molar-refractivity contribution in [2.24, 2.45) is 11.7 Å². The van der Waals surface area contributed by atoms with E-state index in [4.69, 9.17) is 17.3 Å². The van der Waals surface area contributed by atoms with Gasteiger partial charge < -0.3 is 10.3 Å². The molecule has 1 fully saturated rings. The number of hydrogen-bond donors (Lipinski definition) is 1. The minimum absolute atomic E-state index is 0.0344. The van der Waals surface area contributed by atoms with Crippen LogP contribution in [0.1, 0.15) is 56.6 Å². The molecule has 138 valence electrons. The molecule has 6 heteroatoms.